The van der Waals surface area contributed by atoms with Crippen LogP contribution < -0.4 is 0 Å². The Morgan fingerprint density at radius 3 is 2.29 bits per heavy atom. The molecule has 182 valence electrons. The maximum absolute atomic E-state index is 12.5. The summed E-state index contributed by atoms with van der Waals surface area (Å²) < 4.78 is 8.10. The standard InChI is InChI=1S/C28H30ClN3O3/c1-15-9-8-10-20-24(15)32(7)26(31-20)23-16(2)21(18-11-13-19(29)14-12-18)22(17(3)30-23)25(27(33)34)35-28(4,5)6/h8-14,25H,1-7H3,(H,33,34)/t25-/m0/s1. The fourth-order valence-electron chi connectivity index (χ4n) is 4.60. The van der Waals surface area contributed by atoms with Crippen LogP contribution in [-0.2, 0) is 16.6 Å². The summed E-state index contributed by atoms with van der Waals surface area (Å²) in [5.41, 5.74) is 6.63. The summed E-state index contributed by atoms with van der Waals surface area (Å²) in [6.45, 7) is 11.4. The molecular formula is C28H30ClN3O3. The molecule has 4 aromatic rings. The first kappa shape index (κ1) is 24.9. The highest BCUT2D eigenvalue weighted by molar-refractivity contribution is 6.30. The molecule has 0 spiro atoms. The third kappa shape index (κ3) is 4.68. The molecule has 2 heterocycles. The van der Waals surface area contributed by atoms with Gasteiger partial charge in [-0.1, -0.05) is 35.9 Å². The molecule has 2 aromatic heterocycles. The molecule has 0 aliphatic heterocycles. The number of pyridine rings is 1. The average Bonchev–Trinajstić information content (AvgIpc) is 3.11. The lowest BCUT2D eigenvalue weighted by molar-refractivity contribution is -0.160. The molecule has 0 radical (unpaired) electrons. The highest BCUT2D eigenvalue weighted by atomic mass is 35.5. The predicted octanol–water partition coefficient (Wildman–Crippen LogP) is 6.82. The Labute approximate surface area is 210 Å². The van der Waals surface area contributed by atoms with Crippen LogP contribution in [0.1, 0.15) is 49.3 Å². The van der Waals surface area contributed by atoms with Crippen molar-refractivity contribution in [3.63, 3.8) is 0 Å². The SMILES string of the molecule is Cc1nc(-c2nc3cccc(C)c3n2C)c(C)c(-c2ccc(Cl)cc2)c1[C@H](OC(C)(C)C)C(=O)O. The number of aryl methyl sites for hydroxylation is 3. The molecule has 2 aromatic carbocycles. The Bertz CT molecular complexity index is 1430. The minimum absolute atomic E-state index is 0.533. The van der Waals surface area contributed by atoms with Crippen molar-refractivity contribution in [1.82, 2.24) is 14.5 Å². The number of rotatable bonds is 5. The van der Waals surface area contributed by atoms with Gasteiger partial charge in [-0.15, -0.1) is 0 Å². The smallest absolute Gasteiger partial charge is 0.337 e. The summed E-state index contributed by atoms with van der Waals surface area (Å²) in [4.78, 5) is 22.3. The Kier molecular flexibility index (Phi) is 6.47. The van der Waals surface area contributed by atoms with Gasteiger partial charge in [0.25, 0.3) is 0 Å². The van der Waals surface area contributed by atoms with Gasteiger partial charge in [0.1, 0.15) is 5.69 Å². The number of fused-ring (bicyclic) bond motifs is 1. The first-order valence-electron chi connectivity index (χ1n) is 11.5. The van der Waals surface area contributed by atoms with E-state index in [-0.39, 0.29) is 0 Å². The molecule has 6 nitrogen and oxygen atoms in total. The second kappa shape index (κ2) is 9.10. The number of aliphatic carboxylic acids is 1. The maximum atomic E-state index is 12.5. The number of para-hydroxylation sites is 1. The predicted molar refractivity (Wildman–Crippen MR) is 140 cm³/mol. The van der Waals surface area contributed by atoms with Crippen molar-refractivity contribution in [3.05, 3.63) is 69.9 Å². The van der Waals surface area contributed by atoms with Crippen molar-refractivity contribution in [2.24, 2.45) is 7.05 Å². The second-order valence-corrected chi connectivity index (χ2v) is 10.3. The summed E-state index contributed by atoms with van der Waals surface area (Å²) in [6.07, 6.45) is -1.19. The summed E-state index contributed by atoms with van der Waals surface area (Å²) in [5, 5.41) is 10.8. The summed E-state index contributed by atoms with van der Waals surface area (Å²) in [6, 6.07) is 13.4. The second-order valence-electron chi connectivity index (χ2n) is 9.85. The summed E-state index contributed by atoms with van der Waals surface area (Å²) >= 11 is 6.17. The summed E-state index contributed by atoms with van der Waals surface area (Å²) in [7, 11) is 1.98. The van der Waals surface area contributed by atoms with E-state index in [2.05, 4.69) is 13.0 Å². The highest BCUT2D eigenvalue weighted by Gasteiger charge is 2.33. The molecule has 0 aliphatic carbocycles. The molecule has 4 rings (SSSR count). The molecule has 35 heavy (non-hydrogen) atoms. The van der Waals surface area contributed by atoms with Crippen molar-refractivity contribution in [3.8, 4) is 22.6 Å². The van der Waals surface area contributed by atoms with Crippen molar-refractivity contribution in [2.45, 2.75) is 53.2 Å². The van der Waals surface area contributed by atoms with Crippen LogP contribution in [0, 0.1) is 20.8 Å². The minimum atomic E-state index is -1.19. The number of aromatic nitrogens is 3. The normalized spacial score (nSPS) is 12.8. The van der Waals surface area contributed by atoms with Gasteiger partial charge in [0.05, 0.1) is 16.6 Å². The monoisotopic (exact) mass is 491 g/mol. The van der Waals surface area contributed by atoms with Crippen molar-refractivity contribution < 1.29 is 14.6 Å². The van der Waals surface area contributed by atoms with E-state index in [0.717, 1.165) is 39.1 Å². The van der Waals surface area contributed by atoms with E-state index in [1.807, 2.05) is 70.5 Å². The van der Waals surface area contributed by atoms with Crippen LogP contribution >= 0.6 is 11.6 Å². The van der Waals surface area contributed by atoms with Crippen molar-refractivity contribution >= 4 is 28.6 Å². The Hall–Kier alpha value is -3.22. The molecule has 1 atom stereocenters. The van der Waals surface area contributed by atoms with Gasteiger partial charge in [-0.2, -0.15) is 0 Å². The number of carboxylic acids is 1. The van der Waals surface area contributed by atoms with Gasteiger partial charge in [0, 0.05) is 23.3 Å². The Morgan fingerprint density at radius 1 is 1.06 bits per heavy atom. The number of nitrogens with zero attached hydrogens (tertiary/aromatic N) is 3. The van der Waals surface area contributed by atoms with Crippen LogP contribution in [0.4, 0.5) is 0 Å². The van der Waals surface area contributed by atoms with Crippen LogP contribution in [0.5, 0.6) is 0 Å². The average molecular weight is 492 g/mol. The van der Waals surface area contributed by atoms with E-state index in [9.17, 15) is 9.90 Å². The van der Waals surface area contributed by atoms with Crippen molar-refractivity contribution in [2.75, 3.05) is 0 Å². The van der Waals surface area contributed by atoms with E-state index in [4.69, 9.17) is 26.3 Å². The molecule has 0 saturated heterocycles. The van der Waals surface area contributed by atoms with Crippen LogP contribution in [0.3, 0.4) is 0 Å². The Morgan fingerprint density at radius 2 is 1.71 bits per heavy atom. The molecule has 0 saturated carbocycles. The zero-order chi connectivity index (χ0) is 25.7. The van der Waals surface area contributed by atoms with Crippen LogP contribution in [0.2, 0.25) is 5.02 Å². The molecule has 0 fully saturated rings. The fraction of sp³-hybridized carbons (Fsp3) is 0.321. The lowest BCUT2D eigenvalue weighted by Crippen LogP contribution is -2.28. The zero-order valence-electron chi connectivity index (χ0n) is 21.1. The molecule has 1 N–H and O–H groups in total. The van der Waals surface area contributed by atoms with Gasteiger partial charge in [-0.3, -0.25) is 0 Å². The number of hydrogen-bond acceptors (Lipinski definition) is 4. The Balaban J connectivity index is 2.06. The van der Waals surface area contributed by atoms with E-state index < -0.39 is 17.7 Å². The van der Waals surface area contributed by atoms with E-state index in [0.29, 0.717) is 22.0 Å². The number of carboxylic acid groups (broad SMARTS) is 1. The lowest BCUT2D eigenvalue weighted by atomic mass is 9.89. The van der Waals surface area contributed by atoms with Gasteiger partial charge >= 0.3 is 5.97 Å². The minimum Gasteiger partial charge on any atom is -0.479 e. The summed E-state index contributed by atoms with van der Waals surface area (Å²) in [5.74, 6) is -0.342. The van der Waals surface area contributed by atoms with Gasteiger partial charge in [-0.05, 0) is 82.0 Å². The molecule has 7 heteroatoms. The molecule has 0 unspecified atom stereocenters. The molecule has 0 bridgehead atoms. The number of halogens is 1. The van der Waals surface area contributed by atoms with E-state index in [1.54, 1.807) is 12.1 Å². The van der Waals surface area contributed by atoms with Crippen LogP contribution in [-0.4, -0.2) is 31.2 Å². The number of imidazole rings is 1. The van der Waals surface area contributed by atoms with Gasteiger partial charge in [-0.25, -0.2) is 14.8 Å². The largest absolute Gasteiger partial charge is 0.479 e. The molecule has 0 aliphatic rings. The number of carbonyl (C=O) groups is 1. The third-order valence-electron chi connectivity index (χ3n) is 6.07. The fourth-order valence-corrected chi connectivity index (χ4v) is 4.73. The maximum Gasteiger partial charge on any atom is 0.337 e. The third-order valence-corrected chi connectivity index (χ3v) is 6.32. The molecule has 0 amide bonds. The van der Waals surface area contributed by atoms with E-state index in [1.165, 1.54) is 0 Å². The lowest BCUT2D eigenvalue weighted by Gasteiger charge is -2.28. The van der Waals surface area contributed by atoms with Crippen molar-refractivity contribution in [1.29, 1.82) is 0 Å². The van der Waals surface area contributed by atoms with Gasteiger partial charge < -0.3 is 14.4 Å². The first-order valence-corrected chi connectivity index (χ1v) is 11.9. The first-order chi connectivity index (χ1) is 16.4. The van der Waals surface area contributed by atoms with Crippen LogP contribution in [0.25, 0.3) is 33.7 Å². The quantitative estimate of drug-likeness (QED) is 0.331. The topological polar surface area (TPSA) is 77.2 Å². The zero-order valence-corrected chi connectivity index (χ0v) is 21.9. The highest BCUT2D eigenvalue weighted by Crippen LogP contribution is 2.41. The van der Waals surface area contributed by atoms with E-state index >= 15 is 0 Å². The number of hydrogen-bond donors (Lipinski definition) is 1. The number of ether oxygens (including phenoxy) is 1. The number of benzene rings is 2. The molecular weight excluding hydrogens is 462 g/mol. The van der Waals surface area contributed by atoms with Gasteiger partial charge in [0.2, 0.25) is 0 Å². The van der Waals surface area contributed by atoms with Crippen LogP contribution in [0.15, 0.2) is 42.5 Å². The van der Waals surface area contributed by atoms with Gasteiger partial charge in [0.15, 0.2) is 11.9 Å².